The van der Waals surface area contributed by atoms with Crippen LogP contribution in [0.25, 0.3) is 11.0 Å². The average Bonchev–Trinajstić information content (AvgIpc) is 3.41. The maximum Gasteiger partial charge on any atom is 0.297 e. The Labute approximate surface area is 212 Å². The van der Waals surface area contributed by atoms with Gasteiger partial charge < -0.3 is 13.9 Å². The van der Waals surface area contributed by atoms with E-state index in [-0.39, 0.29) is 16.8 Å². The van der Waals surface area contributed by atoms with Gasteiger partial charge in [0.05, 0.1) is 30.2 Å². The van der Waals surface area contributed by atoms with Gasteiger partial charge in [-0.1, -0.05) is 43.4 Å². The van der Waals surface area contributed by atoms with Crippen LogP contribution < -0.4 is 19.8 Å². The minimum Gasteiger partial charge on any atom is -0.490 e. The number of carbonyl (C=O) groups is 1. The first-order chi connectivity index (χ1) is 17.4. The molecule has 0 spiro atoms. The molecule has 0 aliphatic carbocycles. The zero-order chi connectivity index (χ0) is 25.4. The number of hydrogen-bond acceptors (Lipinski definition) is 8. The Balaban J connectivity index is 1.67. The van der Waals surface area contributed by atoms with Crippen LogP contribution in [-0.2, 0) is 0 Å². The first-order valence-corrected chi connectivity index (χ1v) is 12.8. The molecule has 1 aliphatic rings. The third kappa shape index (κ3) is 4.24. The van der Waals surface area contributed by atoms with Crippen molar-refractivity contribution in [1.29, 1.82) is 0 Å². The second kappa shape index (κ2) is 9.73. The molecule has 36 heavy (non-hydrogen) atoms. The van der Waals surface area contributed by atoms with Crippen molar-refractivity contribution in [3.63, 3.8) is 0 Å². The minimum atomic E-state index is -0.746. The molecule has 1 amide bonds. The summed E-state index contributed by atoms with van der Waals surface area (Å²) in [5, 5.41) is 9.83. The van der Waals surface area contributed by atoms with Gasteiger partial charge in [0.25, 0.3) is 5.91 Å². The van der Waals surface area contributed by atoms with Crippen LogP contribution in [0.15, 0.2) is 51.7 Å². The van der Waals surface area contributed by atoms with E-state index in [1.807, 2.05) is 32.0 Å². The molecule has 0 fully saturated rings. The van der Waals surface area contributed by atoms with Gasteiger partial charge in [0, 0.05) is 0 Å². The topological polar surface area (TPSA) is 94.8 Å². The van der Waals surface area contributed by atoms with Crippen LogP contribution in [0.2, 0.25) is 0 Å². The molecule has 2 aromatic heterocycles. The Morgan fingerprint density at radius 1 is 1.08 bits per heavy atom. The molecule has 0 N–H and O–H groups in total. The van der Waals surface area contributed by atoms with Crippen molar-refractivity contribution >= 4 is 33.3 Å². The largest absolute Gasteiger partial charge is 0.490 e. The van der Waals surface area contributed by atoms with Gasteiger partial charge >= 0.3 is 0 Å². The highest BCUT2D eigenvalue weighted by Gasteiger charge is 2.45. The van der Waals surface area contributed by atoms with E-state index in [9.17, 15) is 9.59 Å². The maximum absolute atomic E-state index is 13.7. The van der Waals surface area contributed by atoms with E-state index >= 15 is 0 Å². The molecule has 186 valence electrons. The molecule has 9 heteroatoms. The lowest BCUT2D eigenvalue weighted by Crippen LogP contribution is -2.29. The standard InChI is InChI=1S/C27H27N3O5S/c1-5-33-21-14-17(10-11-20(21)34-13-12-15(2)3)23-22-24(31)18-8-6-7-9-19(18)35-25(22)26(32)30(23)27-29-28-16(4)36-27/h6-11,14-15,23H,5,12-13H2,1-4H3. The average molecular weight is 506 g/mol. The number of aryl methyl sites for hydroxylation is 1. The molecule has 1 aliphatic heterocycles. The number of nitrogens with zero attached hydrogens (tertiary/aromatic N) is 3. The van der Waals surface area contributed by atoms with Crippen LogP contribution >= 0.6 is 11.3 Å². The summed E-state index contributed by atoms with van der Waals surface area (Å²) >= 11 is 1.28. The summed E-state index contributed by atoms with van der Waals surface area (Å²) in [5.41, 5.74) is 1.09. The van der Waals surface area contributed by atoms with Crippen LogP contribution in [0.5, 0.6) is 11.5 Å². The van der Waals surface area contributed by atoms with Gasteiger partial charge in [-0.3, -0.25) is 14.5 Å². The van der Waals surface area contributed by atoms with Crippen LogP contribution in [0.1, 0.15) is 59.9 Å². The molecular weight excluding hydrogens is 478 g/mol. The van der Waals surface area contributed by atoms with Crippen molar-refractivity contribution in [2.45, 2.75) is 40.2 Å². The van der Waals surface area contributed by atoms with Crippen molar-refractivity contribution in [1.82, 2.24) is 10.2 Å². The highest BCUT2D eigenvalue weighted by Crippen LogP contribution is 2.44. The van der Waals surface area contributed by atoms with Crippen LogP contribution in [0.3, 0.4) is 0 Å². The summed E-state index contributed by atoms with van der Waals surface area (Å²) in [4.78, 5) is 28.8. The van der Waals surface area contributed by atoms with Crippen molar-refractivity contribution < 1.29 is 18.7 Å². The monoisotopic (exact) mass is 505 g/mol. The number of fused-ring (bicyclic) bond motifs is 2. The second-order valence-electron chi connectivity index (χ2n) is 9.02. The van der Waals surface area contributed by atoms with Crippen LogP contribution in [-0.4, -0.2) is 29.3 Å². The molecule has 8 nitrogen and oxygen atoms in total. The number of aromatic nitrogens is 2. The molecule has 4 aromatic rings. The van der Waals surface area contributed by atoms with Gasteiger partial charge in [0.1, 0.15) is 10.6 Å². The summed E-state index contributed by atoms with van der Waals surface area (Å²) in [6, 6.07) is 11.7. The lowest BCUT2D eigenvalue weighted by atomic mass is 9.98. The van der Waals surface area contributed by atoms with Crippen LogP contribution in [0.4, 0.5) is 5.13 Å². The molecule has 0 saturated heterocycles. The van der Waals surface area contributed by atoms with Gasteiger partial charge in [-0.05, 0) is 56.0 Å². The molecule has 2 aromatic carbocycles. The van der Waals surface area contributed by atoms with Gasteiger partial charge in [-0.25, -0.2) is 0 Å². The van der Waals surface area contributed by atoms with E-state index in [0.717, 1.165) is 6.42 Å². The zero-order valence-corrected chi connectivity index (χ0v) is 21.4. The first kappa shape index (κ1) is 24.0. The lowest BCUT2D eigenvalue weighted by Gasteiger charge is -2.23. The van der Waals surface area contributed by atoms with Crippen LogP contribution in [0, 0.1) is 12.8 Å². The fraction of sp³-hybridized carbons (Fsp3) is 0.333. The van der Waals surface area contributed by atoms with E-state index in [1.165, 1.54) is 16.2 Å². The number of benzene rings is 2. The molecule has 1 atom stereocenters. The molecule has 1 unspecified atom stereocenters. The van der Waals surface area contributed by atoms with Gasteiger partial charge in [-0.15, -0.1) is 10.2 Å². The van der Waals surface area contributed by atoms with Gasteiger partial charge in [0.15, 0.2) is 16.9 Å². The van der Waals surface area contributed by atoms with Crippen molar-refractivity contribution in [3.8, 4) is 11.5 Å². The molecule has 0 saturated carbocycles. The number of hydrogen-bond donors (Lipinski definition) is 0. The Bertz CT molecular complexity index is 1490. The second-order valence-corrected chi connectivity index (χ2v) is 10.2. The third-order valence-corrected chi connectivity index (χ3v) is 6.87. The van der Waals surface area contributed by atoms with E-state index in [4.69, 9.17) is 13.9 Å². The summed E-state index contributed by atoms with van der Waals surface area (Å²) in [5.74, 6) is 1.28. The smallest absolute Gasteiger partial charge is 0.297 e. The number of anilines is 1. The Kier molecular flexibility index (Phi) is 6.49. The molecule has 5 rings (SSSR count). The van der Waals surface area contributed by atoms with E-state index < -0.39 is 11.9 Å². The van der Waals surface area contributed by atoms with Gasteiger partial charge in [-0.2, -0.15) is 0 Å². The van der Waals surface area contributed by atoms with E-state index in [0.29, 0.717) is 57.3 Å². The van der Waals surface area contributed by atoms with Crippen molar-refractivity contribution in [2.75, 3.05) is 18.1 Å². The number of para-hydroxylation sites is 1. The lowest BCUT2D eigenvalue weighted by molar-refractivity contribution is 0.0970. The quantitative estimate of drug-likeness (QED) is 0.311. The van der Waals surface area contributed by atoms with E-state index in [1.54, 1.807) is 24.3 Å². The predicted octanol–water partition coefficient (Wildman–Crippen LogP) is 5.53. The normalized spacial score (nSPS) is 15.1. The first-order valence-electron chi connectivity index (χ1n) is 12.0. The molecule has 0 bridgehead atoms. The van der Waals surface area contributed by atoms with Crippen molar-refractivity contribution in [3.05, 3.63) is 74.6 Å². The summed E-state index contributed by atoms with van der Waals surface area (Å²) < 4.78 is 17.9. The number of carbonyl (C=O) groups excluding carboxylic acids is 1. The summed E-state index contributed by atoms with van der Waals surface area (Å²) in [7, 11) is 0. The summed E-state index contributed by atoms with van der Waals surface area (Å²) in [6.07, 6.45) is 0.913. The fourth-order valence-electron chi connectivity index (χ4n) is 4.30. The third-order valence-electron chi connectivity index (χ3n) is 6.04. The van der Waals surface area contributed by atoms with E-state index in [2.05, 4.69) is 24.0 Å². The molecular formula is C27H27N3O5S. The summed E-state index contributed by atoms with van der Waals surface area (Å²) in [6.45, 7) is 9.00. The Morgan fingerprint density at radius 3 is 2.61 bits per heavy atom. The number of rotatable bonds is 8. The Hall–Kier alpha value is -3.72. The predicted molar refractivity (Wildman–Crippen MR) is 138 cm³/mol. The minimum absolute atomic E-state index is 0.0202. The zero-order valence-electron chi connectivity index (χ0n) is 20.6. The molecule has 3 heterocycles. The number of ether oxygens (including phenoxy) is 2. The number of amides is 1. The van der Waals surface area contributed by atoms with Crippen molar-refractivity contribution in [2.24, 2.45) is 5.92 Å². The SMILES string of the molecule is CCOc1cc(C2c3c(oc4ccccc4c3=O)C(=O)N2c2nnc(C)s2)ccc1OCCC(C)C. The Morgan fingerprint density at radius 2 is 1.89 bits per heavy atom. The highest BCUT2D eigenvalue weighted by molar-refractivity contribution is 7.15. The molecule has 0 radical (unpaired) electrons. The van der Waals surface area contributed by atoms with Gasteiger partial charge in [0.2, 0.25) is 10.9 Å². The highest BCUT2D eigenvalue weighted by atomic mass is 32.1. The fourth-order valence-corrected chi connectivity index (χ4v) is 5.02. The maximum atomic E-state index is 13.7.